The first-order valence-electron chi connectivity index (χ1n) is 9.00. The van der Waals surface area contributed by atoms with E-state index in [0.717, 1.165) is 16.8 Å². The van der Waals surface area contributed by atoms with Gasteiger partial charge in [-0.3, -0.25) is 4.79 Å². The number of benzene rings is 2. The van der Waals surface area contributed by atoms with Crippen molar-refractivity contribution in [2.45, 2.75) is 12.2 Å². The Morgan fingerprint density at radius 3 is 2.55 bits per heavy atom. The van der Waals surface area contributed by atoms with Crippen LogP contribution in [0.1, 0.15) is 22.1 Å². The lowest BCUT2D eigenvalue weighted by Gasteiger charge is -2.17. The van der Waals surface area contributed by atoms with Crippen molar-refractivity contribution in [3.05, 3.63) is 65.1 Å². The number of hydrogen-bond donors (Lipinski definition) is 1. The zero-order valence-electron chi connectivity index (χ0n) is 16.2. The molecule has 4 rings (SSSR count). The molecule has 0 radical (unpaired) electrons. The van der Waals surface area contributed by atoms with E-state index >= 15 is 0 Å². The molecule has 1 aliphatic heterocycles. The number of aromatic nitrogens is 2. The van der Waals surface area contributed by atoms with E-state index < -0.39 is 0 Å². The molecule has 8 heteroatoms. The predicted molar refractivity (Wildman–Crippen MR) is 111 cm³/mol. The van der Waals surface area contributed by atoms with E-state index in [2.05, 4.69) is 10.4 Å². The van der Waals surface area contributed by atoms with Gasteiger partial charge in [-0.15, -0.1) is 11.8 Å². The van der Waals surface area contributed by atoms with Gasteiger partial charge in [0.2, 0.25) is 5.91 Å². The minimum absolute atomic E-state index is 0.109. The topological polar surface area (TPSA) is 65.4 Å². The minimum Gasteiger partial charge on any atom is -0.493 e. The van der Waals surface area contributed by atoms with Crippen LogP contribution in [-0.2, 0) is 4.79 Å². The van der Waals surface area contributed by atoms with E-state index in [1.54, 1.807) is 31.0 Å². The fraction of sp³-hybridized carbons (Fsp3) is 0.238. The zero-order chi connectivity index (χ0) is 20.5. The number of carbonyl (C=O) groups excluding carboxylic acids is 1. The summed E-state index contributed by atoms with van der Waals surface area (Å²) in [4.78, 5) is 12.4. The quantitative estimate of drug-likeness (QED) is 0.697. The molecule has 6 nitrogen and oxygen atoms in total. The lowest BCUT2D eigenvalue weighted by Crippen LogP contribution is -2.15. The van der Waals surface area contributed by atoms with Crippen LogP contribution in [-0.4, -0.2) is 35.7 Å². The molecule has 0 saturated carbocycles. The largest absolute Gasteiger partial charge is 0.493 e. The Balaban J connectivity index is 1.86. The number of nitrogens with zero attached hydrogens (tertiary/aromatic N) is 2. The van der Waals surface area contributed by atoms with Gasteiger partial charge in [-0.05, 0) is 48.9 Å². The van der Waals surface area contributed by atoms with Crippen molar-refractivity contribution in [2.75, 3.05) is 25.3 Å². The second kappa shape index (κ2) is 7.79. The third kappa shape index (κ3) is 3.55. The summed E-state index contributed by atoms with van der Waals surface area (Å²) < 4.78 is 25.8. The number of fused-ring (bicyclic) bond motifs is 1. The maximum absolute atomic E-state index is 13.4. The van der Waals surface area contributed by atoms with Crippen molar-refractivity contribution in [1.82, 2.24) is 9.78 Å². The third-order valence-electron chi connectivity index (χ3n) is 4.79. The van der Waals surface area contributed by atoms with Crippen molar-refractivity contribution in [3.8, 4) is 17.2 Å². The lowest BCUT2D eigenvalue weighted by molar-refractivity contribution is -0.113. The first kappa shape index (κ1) is 19.3. The number of halogens is 1. The number of anilines is 1. The Morgan fingerprint density at radius 2 is 1.86 bits per heavy atom. The SMILES string of the molecule is COc1ccc(C2SCC(=O)Nc3c2c(C)nn3-c2ccc(F)cc2)cc1OC. The number of hydrogen-bond acceptors (Lipinski definition) is 5. The Labute approximate surface area is 172 Å². The van der Waals surface area contributed by atoms with Crippen LogP contribution in [0.5, 0.6) is 11.5 Å². The van der Waals surface area contributed by atoms with Gasteiger partial charge in [0.1, 0.15) is 11.6 Å². The van der Waals surface area contributed by atoms with E-state index in [4.69, 9.17) is 9.47 Å². The van der Waals surface area contributed by atoms with E-state index in [9.17, 15) is 9.18 Å². The summed E-state index contributed by atoms with van der Waals surface area (Å²) in [6.45, 7) is 1.91. The molecular weight excluding hydrogens is 393 g/mol. The molecule has 1 unspecified atom stereocenters. The normalized spacial score (nSPS) is 16.0. The number of carbonyl (C=O) groups is 1. The van der Waals surface area contributed by atoms with Crippen molar-refractivity contribution in [1.29, 1.82) is 0 Å². The molecular formula is C21H20FN3O3S. The van der Waals surface area contributed by atoms with Crippen LogP contribution in [0.3, 0.4) is 0 Å². The smallest absolute Gasteiger partial charge is 0.235 e. The van der Waals surface area contributed by atoms with Crippen molar-refractivity contribution in [2.24, 2.45) is 0 Å². The highest BCUT2D eigenvalue weighted by atomic mass is 32.2. The van der Waals surface area contributed by atoms with Gasteiger partial charge in [-0.1, -0.05) is 6.07 Å². The number of aryl methyl sites for hydroxylation is 1. The van der Waals surface area contributed by atoms with Gasteiger partial charge >= 0.3 is 0 Å². The Kier molecular flexibility index (Phi) is 5.19. The molecule has 0 aliphatic carbocycles. The van der Waals surface area contributed by atoms with Crippen molar-refractivity contribution in [3.63, 3.8) is 0 Å². The summed E-state index contributed by atoms with van der Waals surface area (Å²) in [6.07, 6.45) is 0. The molecule has 2 aromatic carbocycles. The summed E-state index contributed by atoms with van der Waals surface area (Å²) in [7, 11) is 3.19. The van der Waals surface area contributed by atoms with Gasteiger partial charge in [-0.2, -0.15) is 5.10 Å². The number of ether oxygens (including phenoxy) is 2. The minimum atomic E-state index is -0.327. The summed E-state index contributed by atoms with van der Waals surface area (Å²) in [6, 6.07) is 11.8. The number of rotatable bonds is 4. The third-order valence-corrected chi connectivity index (χ3v) is 6.06. The molecule has 3 aromatic rings. The van der Waals surface area contributed by atoms with Crippen LogP contribution in [0.2, 0.25) is 0 Å². The zero-order valence-corrected chi connectivity index (χ0v) is 17.0. The van der Waals surface area contributed by atoms with Gasteiger partial charge in [-0.25, -0.2) is 9.07 Å². The molecule has 1 aromatic heterocycles. The van der Waals surface area contributed by atoms with Crippen molar-refractivity contribution < 1.29 is 18.7 Å². The molecule has 1 amide bonds. The van der Waals surface area contributed by atoms with Crippen LogP contribution < -0.4 is 14.8 Å². The summed E-state index contributed by atoms with van der Waals surface area (Å²) in [5.41, 5.74) is 3.36. The van der Waals surface area contributed by atoms with Crippen LogP contribution in [0.25, 0.3) is 5.69 Å². The maximum atomic E-state index is 13.4. The van der Waals surface area contributed by atoms with Crippen LogP contribution >= 0.6 is 11.8 Å². The maximum Gasteiger partial charge on any atom is 0.235 e. The molecule has 1 atom stereocenters. The average molecular weight is 413 g/mol. The van der Waals surface area contributed by atoms with Gasteiger partial charge < -0.3 is 14.8 Å². The van der Waals surface area contributed by atoms with E-state index in [1.165, 1.54) is 23.9 Å². The highest BCUT2D eigenvalue weighted by Crippen LogP contribution is 2.45. The van der Waals surface area contributed by atoms with Crippen LogP contribution in [0.4, 0.5) is 10.2 Å². The molecule has 0 bridgehead atoms. The molecule has 150 valence electrons. The Bertz CT molecular complexity index is 1070. The first-order valence-corrected chi connectivity index (χ1v) is 10.1. The molecule has 29 heavy (non-hydrogen) atoms. The Morgan fingerprint density at radius 1 is 1.14 bits per heavy atom. The van der Waals surface area contributed by atoms with Gasteiger partial charge in [0.15, 0.2) is 11.5 Å². The van der Waals surface area contributed by atoms with E-state index in [0.29, 0.717) is 28.8 Å². The van der Waals surface area contributed by atoms with Gasteiger partial charge in [0.25, 0.3) is 0 Å². The summed E-state index contributed by atoms with van der Waals surface area (Å²) in [5.74, 6) is 1.73. The fourth-order valence-electron chi connectivity index (χ4n) is 3.43. The fourth-order valence-corrected chi connectivity index (χ4v) is 4.61. The molecule has 1 N–H and O–H groups in total. The van der Waals surface area contributed by atoms with Gasteiger partial charge in [0, 0.05) is 5.56 Å². The molecule has 0 saturated heterocycles. The molecule has 2 heterocycles. The standard InChI is InChI=1S/C21H20FN3O3S/c1-12-19-20(13-4-9-16(27-2)17(10-13)28-3)29-11-18(26)23-21(19)25(24-12)15-7-5-14(22)6-8-15/h4-10,20H,11H2,1-3H3,(H,23,26). The monoisotopic (exact) mass is 413 g/mol. The second-order valence-electron chi connectivity index (χ2n) is 6.59. The summed E-state index contributed by atoms with van der Waals surface area (Å²) >= 11 is 1.52. The molecule has 0 fully saturated rings. The predicted octanol–water partition coefficient (Wildman–Crippen LogP) is 4.11. The highest BCUT2D eigenvalue weighted by Gasteiger charge is 2.31. The Hall–Kier alpha value is -3.00. The van der Waals surface area contributed by atoms with Crippen LogP contribution in [0.15, 0.2) is 42.5 Å². The van der Waals surface area contributed by atoms with Crippen LogP contribution in [0, 0.1) is 12.7 Å². The molecule has 0 spiro atoms. The number of nitrogens with one attached hydrogen (secondary N) is 1. The van der Waals surface area contributed by atoms with Gasteiger partial charge in [0.05, 0.1) is 36.6 Å². The number of thioether (sulfide) groups is 1. The summed E-state index contributed by atoms with van der Waals surface area (Å²) in [5, 5.41) is 7.47. The number of methoxy groups -OCH3 is 2. The highest BCUT2D eigenvalue weighted by molar-refractivity contribution is 8.00. The first-order chi connectivity index (χ1) is 14.0. The number of amides is 1. The van der Waals surface area contributed by atoms with Crippen molar-refractivity contribution >= 4 is 23.5 Å². The van der Waals surface area contributed by atoms with E-state index in [-0.39, 0.29) is 17.0 Å². The second-order valence-corrected chi connectivity index (χ2v) is 7.68. The lowest BCUT2D eigenvalue weighted by atomic mass is 10.0. The van der Waals surface area contributed by atoms with E-state index in [1.807, 2.05) is 25.1 Å². The average Bonchev–Trinajstić information content (AvgIpc) is 2.93. The molecule has 1 aliphatic rings.